The van der Waals surface area contributed by atoms with Crippen LogP contribution >= 0.6 is 27.5 Å². The summed E-state index contributed by atoms with van der Waals surface area (Å²) < 4.78 is 72.9. The van der Waals surface area contributed by atoms with E-state index in [1.807, 2.05) is 0 Å². The van der Waals surface area contributed by atoms with Crippen molar-refractivity contribution in [1.82, 2.24) is 9.97 Å². The number of carbonyl (C=O) groups excluding carboxylic acids is 1. The normalized spacial score (nSPS) is 11.5. The molecule has 0 amide bonds. The summed E-state index contributed by atoms with van der Waals surface area (Å²) in [5, 5.41) is 0.0167. The average Bonchev–Trinajstić information content (AvgIpc) is 2.55. The summed E-state index contributed by atoms with van der Waals surface area (Å²) in [7, 11) is 3.20. The molecule has 2 heterocycles. The van der Waals surface area contributed by atoms with Gasteiger partial charge in [-0.3, -0.25) is 4.79 Å². The summed E-state index contributed by atoms with van der Waals surface area (Å²) in [5.41, 5.74) is -1.82. The Hall–Kier alpha value is -1.88. The highest BCUT2D eigenvalue weighted by Gasteiger charge is 2.32. The minimum absolute atomic E-state index is 0.0167. The van der Waals surface area contributed by atoms with Crippen LogP contribution in [0.5, 0.6) is 0 Å². The van der Waals surface area contributed by atoms with Crippen molar-refractivity contribution in [3.63, 3.8) is 0 Å². The average molecular weight is 479 g/mol. The predicted molar refractivity (Wildman–Crippen MR) is 90.9 cm³/mol. The van der Waals surface area contributed by atoms with Gasteiger partial charge in [0.05, 0.1) is 21.2 Å². The van der Waals surface area contributed by atoms with Crippen LogP contribution in [0.4, 0.5) is 32.2 Å². The van der Waals surface area contributed by atoms with E-state index >= 15 is 0 Å². The van der Waals surface area contributed by atoms with Crippen molar-refractivity contribution in [2.24, 2.45) is 0 Å². The minimum Gasteiger partial charge on any atom is -0.362 e. The molecule has 2 aromatic heterocycles. The molecule has 0 aliphatic rings. The van der Waals surface area contributed by atoms with E-state index in [1.54, 1.807) is 14.1 Å². The van der Waals surface area contributed by atoms with Crippen LogP contribution in [0.2, 0.25) is 5.15 Å². The van der Waals surface area contributed by atoms with Gasteiger partial charge in [0.15, 0.2) is 6.29 Å². The lowest BCUT2D eigenvalue weighted by Gasteiger charge is -2.15. The molecule has 0 atom stereocenters. The maximum atomic E-state index is 12.3. The van der Waals surface area contributed by atoms with Crippen molar-refractivity contribution < 1.29 is 31.1 Å². The van der Waals surface area contributed by atoms with E-state index in [4.69, 9.17) is 11.6 Å². The van der Waals surface area contributed by atoms with Gasteiger partial charge >= 0.3 is 12.4 Å². The molecule has 0 radical (unpaired) electrons. The second-order valence-electron chi connectivity index (χ2n) is 5.14. The number of anilines is 1. The summed E-state index contributed by atoms with van der Waals surface area (Å²) in [6.45, 7) is 0. The number of hydrogen-bond acceptors (Lipinski definition) is 4. The van der Waals surface area contributed by atoms with Gasteiger partial charge in [-0.15, -0.1) is 0 Å². The van der Waals surface area contributed by atoms with Gasteiger partial charge in [0, 0.05) is 26.5 Å². The SMILES string of the molecule is CN(C)c1ncc(C(F)(F)F)cc1C=O.FC(F)(F)c1cnc(Cl)c(Br)c1. The quantitative estimate of drug-likeness (QED) is 0.325. The third-order valence-corrected chi connectivity index (χ3v) is 4.03. The van der Waals surface area contributed by atoms with Gasteiger partial charge < -0.3 is 4.90 Å². The molecule has 0 aliphatic carbocycles. The van der Waals surface area contributed by atoms with Gasteiger partial charge in [-0.2, -0.15) is 26.3 Å². The number of aromatic nitrogens is 2. The highest BCUT2D eigenvalue weighted by molar-refractivity contribution is 9.10. The highest BCUT2D eigenvalue weighted by atomic mass is 79.9. The van der Waals surface area contributed by atoms with Crippen molar-refractivity contribution in [2.45, 2.75) is 12.4 Å². The number of carbonyl (C=O) groups is 1. The first kappa shape index (κ1) is 23.2. The smallest absolute Gasteiger partial charge is 0.362 e. The van der Waals surface area contributed by atoms with Crippen molar-refractivity contribution in [3.05, 3.63) is 50.8 Å². The molecule has 0 aliphatic heterocycles. The van der Waals surface area contributed by atoms with Crippen LogP contribution in [0, 0.1) is 0 Å². The summed E-state index contributed by atoms with van der Waals surface area (Å²) in [6.07, 6.45) is -7.09. The predicted octanol–water partition coefficient (Wildman–Crippen LogP) is 5.50. The molecule has 148 valence electrons. The number of halogens is 8. The number of rotatable bonds is 2. The van der Waals surface area contributed by atoms with E-state index in [0.717, 1.165) is 12.1 Å². The second-order valence-corrected chi connectivity index (χ2v) is 6.35. The van der Waals surface area contributed by atoms with Gasteiger partial charge in [0.2, 0.25) is 0 Å². The van der Waals surface area contributed by atoms with Crippen LogP contribution in [0.1, 0.15) is 21.5 Å². The number of hydrogen-bond donors (Lipinski definition) is 0. The zero-order valence-electron chi connectivity index (χ0n) is 13.7. The number of aldehydes is 1. The van der Waals surface area contributed by atoms with Gasteiger partial charge in [-0.1, -0.05) is 11.6 Å². The summed E-state index contributed by atoms with van der Waals surface area (Å²) in [5.74, 6) is 0.220. The molecular formula is C15H11BrClF6N3O. The summed E-state index contributed by atoms with van der Waals surface area (Å²) in [6, 6.07) is 1.67. The molecule has 2 rings (SSSR count). The standard InChI is InChI=1S/C9H9F3N2O.C6H2BrClF3N/c1-14(2)8-6(5-15)3-7(4-13-8)9(10,11)12;7-4-1-3(6(9,10)11)2-12-5(4)8/h3-5H,1-2H3;1-2H. The van der Waals surface area contributed by atoms with Gasteiger partial charge in [-0.05, 0) is 28.1 Å². The second kappa shape index (κ2) is 8.87. The summed E-state index contributed by atoms with van der Waals surface area (Å²) >= 11 is 8.25. The molecule has 0 saturated heterocycles. The highest BCUT2D eigenvalue weighted by Crippen LogP contribution is 2.32. The lowest BCUT2D eigenvalue weighted by Crippen LogP contribution is -2.15. The Labute approximate surface area is 163 Å². The van der Waals surface area contributed by atoms with E-state index < -0.39 is 23.5 Å². The van der Waals surface area contributed by atoms with Crippen LogP contribution in [-0.2, 0) is 12.4 Å². The molecule has 0 spiro atoms. The first-order valence-electron chi connectivity index (χ1n) is 6.85. The first-order valence-corrected chi connectivity index (χ1v) is 8.02. The van der Waals surface area contributed by atoms with E-state index in [0.29, 0.717) is 18.7 Å². The molecule has 0 saturated carbocycles. The monoisotopic (exact) mass is 477 g/mol. The molecule has 0 unspecified atom stereocenters. The van der Waals surface area contributed by atoms with E-state index in [-0.39, 0.29) is 21.0 Å². The zero-order valence-corrected chi connectivity index (χ0v) is 16.0. The Morgan fingerprint density at radius 3 is 1.89 bits per heavy atom. The van der Waals surface area contributed by atoms with Crippen LogP contribution in [0.15, 0.2) is 29.0 Å². The van der Waals surface area contributed by atoms with E-state index in [9.17, 15) is 31.1 Å². The van der Waals surface area contributed by atoms with Gasteiger partial charge in [-0.25, -0.2) is 9.97 Å². The van der Waals surface area contributed by atoms with E-state index in [1.165, 1.54) is 4.90 Å². The lowest BCUT2D eigenvalue weighted by atomic mass is 10.2. The minimum atomic E-state index is -4.48. The Bertz CT molecular complexity index is 811. The molecule has 27 heavy (non-hydrogen) atoms. The number of alkyl halides is 6. The molecule has 0 bridgehead atoms. The Morgan fingerprint density at radius 1 is 1.00 bits per heavy atom. The molecule has 0 fully saturated rings. The van der Waals surface area contributed by atoms with Crippen LogP contribution in [-0.4, -0.2) is 30.3 Å². The lowest BCUT2D eigenvalue weighted by molar-refractivity contribution is -0.138. The third-order valence-electron chi connectivity index (χ3n) is 2.90. The molecule has 0 N–H and O–H groups in total. The number of nitrogens with zero attached hydrogens (tertiary/aromatic N) is 3. The first-order chi connectivity index (χ1) is 12.3. The topological polar surface area (TPSA) is 46.1 Å². The largest absolute Gasteiger partial charge is 0.417 e. The van der Waals surface area contributed by atoms with Gasteiger partial charge in [0.1, 0.15) is 11.0 Å². The van der Waals surface area contributed by atoms with Gasteiger partial charge in [0.25, 0.3) is 0 Å². The van der Waals surface area contributed by atoms with Crippen molar-refractivity contribution in [3.8, 4) is 0 Å². The molecule has 4 nitrogen and oxygen atoms in total. The van der Waals surface area contributed by atoms with Crippen LogP contribution in [0.25, 0.3) is 0 Å². The van der Waals surface area contributed by atoms with E-state index in [2.05, 4.69) is 25.9 Å². The van der Waals surface area contributed by atoms with Crippen molar-refractivity contribution in [1.29, 1.82) is 0 Å². The Balaban J connectivity index is 0.000000277. The molecular weight excluding hydrogens is 468 g/mol. The fourth-order valence-corrected chi connectivity index (χ4v) is 2.12. The summed E-state index contributed by atoms with van der Waals surface area (Å²) in [4.78, 5) is 19.0. The van der Waals surface area contributed by atoms with Crippen LogP contribution < -0.4 is 4.90 Å². The third kappa shape index (κ3) is 6.65. The fraction of sp³-hybridized carbons (Fsp3) is 0.267. The Kier molecular flexibility index (Phi) is 7.61. The molecule has 0 aromatic carbocycles. The number of pyridine rings is 2. The fourth-order valence-electron chi connectivity index (χ4n) is 1.67. The molecule has 2 aromatic rings. The van der Waals surface area contributed by atoms with Crippen LogP contribution in [0.3, 0.4) is 0 Å². The maximum Gasteiger partial charge on any atom is 0.417 e. The zero-order chi connectivity index (χ0) is 21.0. The maximum absolute atomic E-state index is 12.3. The van der Waals surface area contributed by atoms with Crippen molar-refractivity contribution >= 4 is 39.6 Å². The Morgan fingerprint density at radius 2 is 1.48 bits per heavy atom. The van der Waals surface area contributed by atoms with Crippen molar-refractivity contribution in [2.75, 3.05) is 19.0 Å². The molecule has 12 heteroatoms.